The molecule has 1 aromatic carbocycles. The van der Waals surface area contributed by atoms with E-state index in [9.17, 15) is 8.78 Å². The fraction of sp³-hybridized carbons (Fsp3) is 0.571. The number of hydrogen-bond donors (Lipinski definition) is 1. The average molecular weight is 239 g/mol. The summed E-state index contributed by atoms with van der Waals surface area (Å²) < 4.78 is 26.1. The van der Waals surface area contributed by atoms with E-state index >= 15 is 0 Å². The summed E-state index contributed by atoms with van der Waals surface area (Å²) in [5.74, 6) is -2.28. The van der Waals surface area contributed by atoms with Gasteiger partial charge in [-0.1, -0.05) is 29.8 Å². The Morgan fingerprint density at radius 3 is 2.53 bits per heavy atom. The first-order chi connectivity index (χ1) is 7.98. The fourth-order valence-electron chi connectivity index (χ4n) is 2.57. The molecule has 2 N–H and O–H groups in total. The highest BCUT2D eigenvalue weighted by molar-refractivity contribution is 5.25. The molecule has 1 saturated carbocycles. The summed E-state index contributed by atoms with van der Waals surface area (Å²) in [6.07, 6.45) is 1.03. The van der Waals surface area contributed by atoms with Gasteiger partial charge >= 0.3 is 0 Å². The summed E-state index contributed by atoms with van der Waals surface area (Å²) in [6, 6.07) is 7.93. The minimum absolute atomic E-state index is 0.0167. The zero-order valence-electron chi connectivity index (χ0n) is 10.1. The van der Waals surface area contributed by atoms with E-state index in [2.05, 4.69) is 6.07 Å². The van der Waals surface area contributed by atoms with Gasteiger partial charge in [-0.3, -0.25) is 0 Å². The maximum Gasteiger partial charge on any atom is 0.248 e. The molecule has 1 nitrogen and oxygen atoms in total. The first-order valence-electron chi connectivity index (χ1n) is 6.18. The Morgan fingerprint density at radius 1 is 1.29 bits per heavy atom. The Kier molecular flexibility index (Phi) is 3.48. The van der Waals surface area contributed by atoms with Crippen molar-refractivity contribution in [3.8, 4) is 0 Å². The number of benzene rings is 1. The molecule has 2 rings (SSSR count). The lowest BCUT2D eigenvalue weighted by Crippen LogP contribution is -2.30. The van der Waals surface area contributed by atoms with Gasteiger partial charge in [-0.15, -0.1) is 0 Å². The van der Waals surface area contributed by atoms with E-state index in [0.717, 1.165) is 5.56 Å². The lowest BCUT2D eigenvalue weighted by molar-refractivity contribution is -0.0483. The summed E-state index contributed by atoms with van der Waals surface area (Å²) in [5.41, 5.74) is 8.42. The van der Waals surface area contributed by atoms with Crippen LogP contribution in [0, 0.1) is 12.8 Å². The van der Waals surface area contributed by atoms with Gasteiger partial charge in [0.25, 0.3) is 0 Å². The Morgan fingerprint density at radius 2 is 1.94 bits per heavy atom. The Hall–Kier alpha value is -0.960. The number of alkyl halides is 2. The van der Waals surface area contributed by atoms with Crippen LogP contribution >= 0.6 is 0 Å². The number of aryl methyl sites for hydroxylation is 1. The van der Waals surface area contributed by atoms with E-state index < -0.39 is 5.92 Å². The summed E-state index contributed by atoms with van der Waals surface area (Å²) in [7, 11) is 0. The second-order valence-corrected chi connectivity index (χ2v) is 5.13. The van der Waals surface area contributed by atoms with Crippen LogP contribution in [0.4, 0.5) is 8.78 Å². The molecule has 0 spiro atoms. The van der Waals surface area contributed by atoms with Gasteiger partial charge in [-0.05, 0) is 31.2 Å². The van der Waals surface area contributed by atoms with Crippen molar-refractivity contribution in [2.75, 3.05) is 0 Å². The molecule has 3 heteroatoms. The Balaban J connectivity index is 2.04. The molecule has 1 aliphatic carbocycles. The van der Waals surface area contributed by atoms with Crippen LogP contribution in [0.2, 0.25) is 0 Å². The van der Waals surface area contributed by atoms with Crippen molar-refractivity contribution in [2.24, 2.45) is 11.7 Å². The number of hydrogen-bond acceptors (Lipinski definition) is 1. The van der Waals surface area contributed by atoms with Crippen LogP contribution < -0.4 is 5.73 Å². The van der Waals surface area contributed by atoms with Crippen molar-refractivity contribution in [1.82, 2.24) is 0 Å². The molecular formula is C14H19F2N. The van der Waals surface area contributed by atoms with E-state index in [4.69, 9.17) is 5.73 Å². The Labute approximate surface area is 101 Å². The number of nitrogens with two attached hydrogens (primary N) is 1. The third-order valence-corrected chi connectivity index (χ3v) is 3.70. The average Bonchev–Trinajstić information content (AvgIpc) is 2.28. The molecule has 1 aromatic rings. The fourth-order valence-corrected chi connectivity index (χ4v) is 2.57. The topological polar surface area (TPSA) is 26.0 Å². The second-order valence-electron chi connectivity index (χ2n) is 5.13. The minimum atomic E-state index is -2.47. The normalized spacial score (nSPS) is 22.4. The molecule has 1 atom stereocenters. The number of rotatable bonds is 2. The zero-order chi connectivity index (χ0) is 12.5. The molecule has 17 heavy (non-hydrogen) atoms. The molecule has 0 amide bonds. The van der Waals surface area contributed by atoms with Gasteiger partial charge in [-0.25, -0.2) is 8.78 Å². The second kappa shape index (κ2) is 4.73. The molecular weight excluding hydrogens is 220 g/mol. The quantitative estimate of drug-likeness (QED) is 0.834. The van der Waals surface area contributed by atoms with E-state index in [0.29, 0.717) is 12.8 Å². The van der Waals surface area contributed by atoms with Gasteiger partial charge in [0.1, 0.15) is 0 Å². The molecule has 0 heterocycles. The minimum Gasteiger partial charge on any atom is -0.324 e. The molecule has 0 aromatic heterocycles. The van der Waals surface area contributed by atoms with Gasteiger partial charge < -0.3 is 5.73 Å². The van der Waals surface area contributed by atoms with E-state index in [-0.39, 0.29) is 24.8 Å². The zero-order valence-corrected chi connectivity index (χ0v) is 10.1. The molecule has 94 valence electrons. The van der Waals surface area contributed by atoms with Gasteiger partial charge in [0.05, 0.1) is 0 Å². The van der Waals surface area contributed by atoms with Crippen molar-refractivity contribution in [1.29, 1.82) is 0 Å². The third-order valence-electron chi connectivity index (χ3n) is 3.70. The van der Waals surface area contributed by atoms with Crippen molar-refractivity contribution in [3.63, 3.8) is 0 Å². The number of halogens is 2. The summed E-state index contributed by atoms with van der Waals surface area (Å²) in [6.45, 7) is 2.02. The lowest BCUT2D eigenvalue weighted by atomic mass is 9.80. The first-order valence-corrected chi connectivity index (χ1v) is 6.18. The van der Waals surface area contributed by atoms with Crippen molar-refractivity contribution >= 4 is 0 Å². The van der Waals surface area contributed by atoms with Gasteiger partial charge in [0.2, 0.25) is 5.92 Å². The van der Waals surface area contributed by atoms with E-state index in [1.165, 1.54) is 5.56 Å². The molecule has 1 fully saturated rings. The molecule has 0 bridgehead atoms. The first kappa shape index (κ1) is 12.5. The van der Waals surface area contributed by atoms with E-state index in [1.807, 2.05) is 25.1 Å². The molecule has 0 saturated heterocycles. The third kappa shape index (κ3) is 3.03. The van der Waals surface area contributed by atoms with Gasteiger partial charge in [0, 0.05) is 18.9 Å². The summed E-state index contributed by atoms with van der Waals surface area (Å²) in [5, 5.41) is 0. The standard InChI is InChI=1S/C14H19F2N/c1-10-3-2-4-12(9-10)13(17)11-5-7-14(15,16)8-6-11/h2-4,9,11,13H,5-8,17H2,1H3. The van der Waals surface area contributed by atoms with Gasteiger partial charge in [-0.2, -0.15) is 0 Å². The SMILES string of the molecule is Cc1cccc(C(N)C2CCC(F)(F)CC2)c1. The van der Waals surface area contributed by atoms with Gasteiger partial charge in [0.15, 0.2) is 0 Å². The smallest absolute Gasteiger partial charge is 0.248 e. The van der Waals surface area contributed by atoms with Crippen molar-refractivity contribution < 1.29 is 8.78 Å². The predicted octanol–water partition coefficient (Wildman–Crippen LogP) is 3.82. The van der Waals surface area contributed by atoms with Crippen LogP contribution in [0.1, 0.15) is 42.9 Å². The Bertz CT molecular complexity index is 380. The lowest BCUT2D eigenvalue weighted by Gasteiger charge is -2.32. The van der Waals surface area contributed by atoms with Crippen molar-refractivity contribution in [3.05, 3.63) is 35.4 Å². The van der Waals surface area contributed by atoms with E-state index in [1.54, 1.807) is 0 Å². The largest absolute Gasteiger partial charge is 0.324 e. The summed E-state index contributed by atoms with van der Waals surface area (Å²) in [4.78, 5) is 0. The van der Waals surface area contributed by atoms with Crippen LogP contribution in [0.5, 0.6) is 0 Å². The van der Waals surface area contributed by atoms with Crippen LogP contribution in [0.3, 0.4) is 0 Å². The molecule has 0 radical (unpaired) electrons. The highest BCUT2D eigenvalue weighted by Crippen LogP contribution is 2.40. The maximum atomic E-state index is 13.1. The monoisotopic (exact) mass is 239 g/mol. The van der Waals surface area contributed by atoms with Crippen LogP contribution in [0.25, 0.3) is 0 Å². The predicted molar refractivity (Wildman–Crippen MR) is 65.0 cm³/mol. The summed E-state index contributed by atoms with van der Waals surface area (Å²) >= 11 is 0. The maximum absolute atomic E-state index is 13.1. The van der Waals surface area contributed by atoms with Crippen LogP contribution in [0.15, 0.2) is 24.3 Å². The molecule has 0 aliphatic heterocycles. The molecule has 1 unspecified atom stereocenters. The van der Waals surface area contributed by atoms with Crippen molar-refractivity contribution in [2.45, 2.75) is 44.6 Å². The molecule has 1 aliphatic rings. The van der Waals surface area contributed by atoms with Crippen LogP contribution in [-0.4, -0.2) is 5.92 Å². The highest BCUT2D eigenvalue weighted by Gasteiger charge is 2.36. The highest BCUT2D eigenvalue weighted by atomic mass is 19.3. The van der Waals surface area contributed by atoms with Crippen LogP contribution in [-0.2, 0) is 0 Å².